The van der Waals surface area contributed by atoms with Gasteiger partial charge in [0, 0.05) is 6.42 Å². The molecule has 0 aliphatic carbocycles. The van der Waals surface area contributed by atoms with Gasteiger partial charge in [0.15, 0.2) is 0 Å². The van der Waals surface area contributed by atoms with E-state index >= 15 is 0 Å². The normalized spacial score (nSPS) is 12.2. The summed E-state index contributed by atoms with van der Waals surface area (Å²) in [5.74, 6) is 0. The third kappa shape index (κ3) is 11.9. The highest BCUT2D eigenvalue weighted by Crippen LogP contribution is 2.25. The van der Waals surface area contributed by atoms with E-state index in [2.05, 4.69) is 35.7 Å². The molecule has 0 saturated heterocycles. The zero-order valence-corrected chi connectivity index (χ0v) is 32.2. The Morgan fingerprint density at radius 1 is 0.538 bits per heavy atom. The lowest BCUT2D eigenvalue weighted by Gasteiger charge is -2.29. The van der Waals surface area contributed by atoms with E-state index in [-0.39, 0.29) is 19.6 Å². The summed E-state index contributed by atoms with van der Waals surface area (Å²) in [6.07, 6.45) is -2.92. The van der Waals surface area contributed by atoms with Crippen LogP contribution in [0.25, 0.3) is 16.7 Å². The van der Waals surface area contributed by atoms with Crippen molar-refractivity contribution < 1.29 is 28.6 Å². The maximum absolute atomic E-state index is 13.2. The number of alkyl carbamates (subject to hydrolysis) is 3. The van der Waals surface area contributed by atoms with Crippen molar-refractivity contribution in [3.05, 3.63) is 126 Å². The zero-order chi connectivity index (χ0) is 38.9. The molecule has 3 aromatic rings. The standard InChI is InChI=1S/C43H55N3O6/c1-28(2)31-13-19-34(20-14-31)41(7,8)44-38(47)50-26-25-37(52-40(49)46-43(11,12)36-23-17-33(18-24-36)30(5)6)27-51-39(48)45-42(9,10)35-21-15-32(16-22-35)29(3)4/h13-24,37H,1,3,5,25-27H2,2,4,6-12H3,(H,44,47)(H,45,48)(H,46,49). The molecule has 9 nitrogen and oxygen atoms in total. The third-order valence-corrected chi connectivity index (χ3v) is 8.89. The molecule has 3 rings (SSSR count). The minimum atomic E-state index is -0.930. The molecular weight excluding hydrogens is 654 g/mol. The summed E-state index contributed by atoms with van der Waals surface area (Å²) in [5.41, 5.74) is 6.17. The van der Waals surface area contributed by atoms with Gasteiger partial charge in [0.05, 0.1) is 23.2 Å². The third-order valence-electron chi connectivity index (χ3n) is 8.89. The number of hydrogen-bond donors (Lipinski definition) is 3. The fourth-order valence-corrected chi connectivity index (χ4v) is 5.38. The van der Waals surface area contributed by atoms with Crippen LogP contribution in [0.5, 0.6) is 0 Å². The van der Waals surface area contributed by atoms with E-state index < -0.39 is 41.0 Å². The summed E-state index contributed by atoms with van der Waals surface area (Å²) in [5, 5.41) is 8.67. The fourth-order valence-electron chi connectivity index (χ4n) is 5.38. The van der Waals surface area contributed by atoms with Crippen LogP contribution < -0.4 is 16.0 Å². The predicted octanol–water partition coefficient (Wildman–Crippen LogP) is 9.83. The van der Waals surface area contributed by atoms with Crippen molar-refractivity contribution in [3.63, 3.8) is 0 Å². The fraction of sp³-hybridized carbons (Fsp3) is 0.372. The molecule has 3 amide bonds. The lowest BCUT2D eigenvalue weighted by atomic mass is 9.93. The van der Waals surface area contributed by atoms with Gasteiger partial charge in [-0.15, -0.1) is 0 Å². The maximum Gasteiger partial charge on any atom is 0.408 e. The van der Waals surface area contributed by atoms with E-state index in [1.807, 2.05) is 135 Å². The molecule has 0 aliphatic rings. The Morgan fingerprint density at radius 3 is 1.17 bits per heavy atom. The Labute approximate surface area is 309 Å². The van der Waals surface area contributed by atoms with Gasteiger partial charge in [-0.25, -0.2) is 14.4 Å². The molecule has 0 fully saturated rings. The van der Waals surface area contributed by atoms with Gasteiger partial charge in [0.2, 0.25) is 0 Å². The Bertz CT molecular complexity index is 1750. The van der Waals surface area contributed by atoms with Crippen molar-refractivity contribution in [3.8, 4) is 0 Å². The zero-order valence-electron chi connectivity index (χ0n) is 32.2. The molecule has 0 saturated carbocycles. The van der Waals surface area contributed by atoms with Crippen molar-refractivity contribution in [2.24, 2.45) is 0 Å². The number of benzene rings is 3. The molecule has 0 radical (unpaired) electrons. The Morgan fingerprint density at radius 2 is 0.846 bits per heavy atom. The van der Waals surface area contributed by atoms with Gasteiger partial charge in [0.1, 0.15) is 12.7 Å². The summed E-state index contributed by atoms with van der Waals surface area (Å²) >= 11 is 0. The molecule has 278 valence electrons. The molecular formula is C43H55N3O6. The van der Waals surface area contributed by atoms with Crippen LogP contribution in [0, 0.1) is 0 Å². The summed E-state index contributed by atoms with van der Waals surface area (Å²) in [7, 11) is 0. The summed E-state index contributed by atoms with van der Waals surface area (Å²) in [6.45, 7) is 28.5. The van der Waals surface area contributed by atoms with Gasteiger partial charge in [0.25, 0.3) is 0 Å². The van der Waals surface area contributed by atoms with Crippen LogP contribution >= 0.6 is 0 Å². The van der Waals surface area contributed by atoms with E-state index in [0.717, 1.165) is 50.1 Å². The summed E-state index contributed by atoms with van der Waals surface area (Å²) in [4.78, 5) is 39.1. The maximum atomic E-state index is 13.2. The van der Waals surface area contributed by atoms with Gasteiger partial charge in [-0.2, -0.15) is 0 Å². The highest BCUT2D eigenvalue weighted by molar-refractivity contribution is 5.71. The van der Waals surface area contributed by atoms with Crippen LogP contribution in [-0.4, -0.2) is 37.6 Å². The van der Waals surface area contributed by atoms with Crippen molar-refractivity contribution in [2.75, 3.05) is 13.2 Å². The van der Waals surface area contributed by atoms with Crippen LogP contribution in [0.1, 0.15) is 102 Å². The van der Waals surface area contributed by atoms with E-state index in [9.17, 15) is 14.4 Å². The highest BCUT2D eigenvalue weighted by atomic mass is 16.6. The number of ether oxygens (including phenoxy) is 3. The quantitative estimate of drug-likeness (QED) is 0.135. The van der Waals surface area contributed by atoms with Gasteiger partial charge in [-0.3, -0.25) is 0 Å². The number of carbonyl (C=O) groups excluding carboxylic acids is 3. The summed E-state index contributed by atoms with van der Waals surface area (Å²) in [6, 6.07) is 23.3. The van der Waals surface area contributed by atoms with Gasteiger partial charge in [-0.05, 0) is 95.7 Å². The first kappa shape index (κ1) is 41.1. The number of nitrogens with one attached hydrogen (secondary N) is 3. The van der Waals surface area contributed by atoms with Gasteiger partial charge >= 0.3 is 18.3 Å². The van der Waals surface area contributed by atoms with E-state index in [1.54, 1.807) is 0 Å². The molecule has 0 heterocycles. The number of allylic oxidation sites excluding steroid dienone is 3. The molecule has 52 heavy (non-hydrogen) atoms. The molecule has 1 atom stereocenters. The average Bonchev–Trinajstić information content (AvgIpc) is 3.06. The minimum Gasteiger partial charge on any atom is -0.449 e. The summed E-state index contributed by atoms with van der Waals surface area (Å²) < 4.78 is 16.8. The first-order valence-electron chi connectivity index (χ1n) is 17.4. The van der Waals surface area contributed by atoms with E-state index in [1.165, 1.54) is 0 Å². The molecule has 9 heteroatoms. The van der Waals surface area contributed by atoms with Gasteiger partial charge < -0.3 is 30.2 Å². The second-order valence-electron chi connectivity index (χ2n) is 14.9. The van der Waals surface area contributed by atoms with Crippen LogP contribution in [0.3, 0.4) is 0 Å². The Kier molecular flexibility index (Phi) is 13.7. The number of carbonyl (C=O) groups is 3. The van der Waals surface area contributed by atoms with Crippen LogP contribution in [-0.2, 0) is 30.8 Å². The largest absolute Gasteiger partial charge is 0.449 e. The topological polar surface area (TPSA) is 115 Å². The Hall–Kier alpha value is -5.31. The highest BCUT2D eigenvalue weighted by Gasteiger charge is 2.29. The van der Waals surface area contributed by atoms with Gasteiger partial charge in [-0.1, -0.05) is 109 Å². The molecule has 0 spiro atoms. The predicted molar refractivity (Wildman–Crippen MR) is 210 cm³/mol. The Balaban J connectivity index is 1.66. The first-order valence-corrected chi connectivity index (χ1v) is 17.4. The number of hydrogen-bond acceptors (Lipinski definition) is 6. The monoisotopic (exact) mass is 709 g/mol. The number of rotatable bonds is 15. The van der Waals surface area contributed by atoms with Crippen LogP contribution in [0.4, 0.5) is 14.4 Å². The van der Waals surface area contributed by atoms with E-state index in [4.69, 9.17) is 14.2 Å². The van der Waals surface area contributed by atoms with Crippen molar-refractivity contribution >= 4 is 35.0 Å². The van der Waals surface area contributed by atoms with Crippen molar-refractivity contribution in [2.45, 2.75) is 91.5 Å². The lowest BCUT2D eigenvalue weighted by Crippen LogP contribution is -2.45. The van der Waals surface area contributed by atoms with E-state index in [0.29, 0.717) is 0 Å². The molecule has 1 unspecified atom stereocenters. The average molecular weight is 710 g/mol. The minimum absolute atomic E-state index is 0.0708. The van der Waals surface area contributed by atoms with Crippen LogP contribution in [0.2, 0.25) is 0 Å². The second-order valence-corrected chi connectivity index (χ2v) is 14.9. The molecule has 0 bridgehead atoms. The first-order chi connectivity index (χ1) is 24.2. The lowest BCUT2D eigenvalue weighted by molar-refractivity contribution is 0.0236. The SMILES string of the molecule is C=C(C)c1ccc(C(C)(C)NC(=O)OCCC(COC(=O)NC(C)(C)c2ccc(C(=C)C)cc2)OC(=O)NC(C)(C)c2ccc(C(=C)C)cc2)cc1. The molecule has 0 aromatic heterocycles. The van der Waals surface area contributed by atoms with Crippen molar-refractivity contribution in [1.82, 2.24) is 16.0 Å². The van der Waals surface area contributed by atoms with Crippen LogP contribution in [0.15, 0.2) is 92.5 Å². The molecule has 3 N–H and O–H groups in total. The number of amides is 3. The smallest absolute Gasteiger partial charge is 0.408 e. The second kappa shape index (κ2) is 17.3. The van der Waals surface area contributed by atoms with Crippen molar-refractivity contribution in [1.29, 1.82) is 0 Å². The molecule has 0 aliphatic heterocycles. The molecule has 3 aromatic carbocycles.